The molecule has 3 aromatic carbocycles. The van der Waals surface area contributed by atoms with E-state index in [1.807, 2.05) is 42.5 Å². The molecule has 9 heteroatoms. The number of nitrogens with one attached hydrogen (secondary N) is 1. The number of hydrogen-bond donors (Lipinski definition) is 1. The van der Waals surface area contributed by atoms with Gasteiger partial charge >= 0.3 is 6.61 Å². The SMILES string of the molecule is COc1ccc(NC(=O)c2cn(-c3ccccc3)nc2-c2ccccc2OC)cc1OC(F)F. The van der Waals surface area contributed by atoms with Crippen LogP contribution < -0.4 is 19.5 Å². The Morgan fingerprint density at radius 2 is 1.62 bits per heavy atom. The van der Waals surface area contributed by atoms with Crippen molar-refractivity contribution in [3.8, 4) is 34.2 Å². The normalized spacial score (nSPS) is 10.7. The van der Waals surface area contributed by atoms with Crippen molar-refractivity contribution >= 4 is 11.6 Å². The molecule has 1 amide bonds. The van der Waals surface area contributed by atoms with E-state index >= 15 is 0 Å². The van der Waals surface area contributed by atoms with Crippen molar-refractivity contribution in [2.24, 2.45) is 0 Å². The molecule has 0 spiro atoms. The fraction of sp³-hybridized carbons (Fsp3) is 0.120. The number of benzene rings is 3. The summed E-state index contributed by atoms with van der Waals surface area (Å²) in [5.41, 5.74) is 2.30. The number of ether oxygens (including phenoxy) is 3. The summed E-state index contributed by atoms with van der Waals surface area (Å²) in [5.74, 6) is -0.0201. The number of para-hydroxylation sites is 2. The summed E-state index contributed by atoms with van der Waals surface area (Å²) < 4.78 is 42.2. The Hall–Kier alpha value is -4.40. The third-order valence-corrected chi connectivity index (χ3v) is 4.98. The molecular formula is C25H21F2N3O4. The highest BCUT2D eigenvalue weighted by Gasteiger charge is 2.22. The Bertz CT molecular complexity index is 1290. The lowest BCUT2D eigenvalue weighted by atomic mass is 10.1. The molecule has 1 heterocycles. The lowest BCUT2D eigenvalue weighted by Gasteiger charge is -2.12. The van der Waals surface area contributed by atoms with Crippen molar-refractivity contribution in [1.29, 1.82) is 0 Å². The second-order valence-electron chi connectivity index (χ2n) is 7.07. The molecule has 0 aliphatic heterocycles. The smallest absolute Gasteiger partial charge is 0.387 e. The zero-order valence-electron chi connectivity index (χ0n) is 18.4. The van der Waals surface area contributed by atoms with Crippen LogP contribution in [0.2, 0.25) is 0 Å². The number of methoxy groups -OCH3 is 2. The van der Waals surface area contributed by atoms with Crippen LogP contribution in [0.15, 0.2) is 79.0 Å². The zero-order valence-corrected chi connectivity index (χ0v) is 18.4. The predicted octanol–water partition coefficient (Wildman–Crippen LogP) is 5.41. The third kappa shape index (κ3) is 4.83. The summed E-state index contributed by atoms with van der Waals surface area (Å²) in [7, 11) is 2.87. The number of carbonyl (C=O) groups is 1. The molecule has 0 saturated heterocycles. The monoisotopic (exact) mass is 465 g/mol. The molecule has 4 rings (SSSR count). The molecule has 0 radical (unpaired) electrons. The van der Waals surface area contributed by atoms with Crippen LogP contribution in [0.4, 0.5) is 14.5 Å². The van der Waals surface area contributed by atoms with Crippen LogP contribution in [0.25, 0.3) is 16.9 Å². The van der Waals surface area contributed by atoms with E-state index in [0.29, 0.717) is 17.0 Å². The van der Waals surface area contributed by atoms with Gasteiger partial charge in [-0.1, -0.05) is 30.3 Å². The molecule has 1 aromatic heterocycles. The van der Waals surface area contributed by atoms with E-state index in [-0.39, 0.29) is 22.7 Å². The Morgan fingerprint density at radius 3 is 2.32 bits per heavy atom. The Labute approximate surface area is 194 Å². The van der Waals surface area contributed by atoms with Gasteiger partial charge in [0.05, 0.1) is 25.5 Å². The van der Waals surface area contributed by atoms with Crippen LogP contribution in [0.5, 0.6) is 17.2 Å². The molecule has 0 fully saturated rings. The lowest BCUT2D eigenvalue weighted by molar-refractivity contribution is -0.0511. The first-order valence-corrected chi connectivity index (χ1v) is 10.2. The van der Waals surface area contributed by atoms with Gasteiger partial charge in [0, 0.05) is 23.5 Å². The molecular weight excluding hydrogens is 444 g/mol. The van der Waals surface area contributed by atoms with Gasteiger partial charge in [0.15, 0.2) is 11.5 Å². The van der Waals surface area contributed by atoms with Crippen LogP contribution >= 0.6 is 0 Å². The number of rotatable bonds is 8. The predicted molar refractivity (Wildman–Crippen MR) is 123 cm³/mol. The average Bonchev–Trinajstić information content (AvgIpc) is 3.30. The Morgan fingerprint density at radius 1 is 0.912 bits per heavy atom. The van der Waals surface area contributed by atoms with Crippen LogP contribution in [-0.4, -0.2) is 36.5 Å². The Kier molecular flexibility index (Phi) is 6.72. The topological polar surface area (TPSA) is 74.6 Å². The Balaban J connectivity index is 1.74. The number of hydrogen-bond acceptors (Lipinski definition) is 5. The van der Waals surface area contributed by atoms with Gasteiger partial charge in [0.2, 0.25) is 0 Å². The minimum Gasteiger partial charge on any atom is -0.496 e. The van der Waals surface area contributed by atoms with E-state index in [1.165, 1.54) is 32.4 Å². The van der Waals surface area contributed by atoms with Gasteiger partial charge in [-0.15, -0.1) is 0 Å². The fourth-order valence-corrected chi connectivity index (χ4v) is 3.43. The average molecular weight is 465 g/mol. The van der Waals surface area contributed by atoms with Crippen molar-refractivity contribution in [2.75, 3.05) is 19.5 Å². The number of aromatic nitrogens is 2. The summed E-state index contributed by atoms with van der Waals surface area (Å²) in [5, 5.41) is 7.36. The van der Waals surface area contributed by atoms with E-state index < -0.39 is 12.5 Å². The van der Waals surface area contributed by atoms with Crippen LogP contribution in [0, 0.1) is 0 Å². The largest absolute Gasteiger partial charge is 0.496 e. The van der Waals surface area contributed by atoms with Gasteiger partial charge in [-0.3, -0.25) is 4.79 Å². The van der Waals surface area contributed by atoms with Crippen LogP contribution in [0.1, 0.15) is 10.4 Å². The second-order valence-corrected chi connectivity index (χ2v) is 7.07. The highest BCUT2D eigenvalue weighted by molar-refractivity contribution is 6.08. The first kappa shape index (κ1) is 22.8. The first-order valence-electron chi connectivity index (χ1n) is 10.2. The summed E-state index contributed by atoms with van der Waals surface area (Å²) in [6, 6.07) is 20.8. The number of alkyl halides is 2. The minimum absolute atomic E-state index is 0.116. The molecule has 0 atom stereocenters. The fourth-order valence-electron chi connectivity index (χ4n) is 3.43. The van der Waals surface area contributed by atoms with Gasteiger partial charge in [0.25, 0.3) is 5.91 Å². The minimum atomic E-state index is -3.04. The van der Waals surface area contributed by atoms with Crippen molar-refractivity contribution < 1.29 is 27.8 Å². The molecule has 4 aromatic rings. The quantitative estimate of drug-likeness (QED) is 0.377. The van der Waals surface area contributed by atoms with E-state index in [9.17, 15) is 13.6 Å². The van der Waals surface area contributed by atoms with Crippen LogP contribution in [-0.2, 0) is 0 Å². The van der Waals surface area contributed by atoms with Gasteiger partial charge in [-0.2, -0.15) is 13.9 Å². The number of nitrogens with zero attached hydrogens (tertiary/aromatic N) is 2. The zero-order chi connectivity index (χ0) is 24.1. The maximum atomic E-state index is 13.3. The highest BCUT2D eigenvalue weighted by Crippen LogP contribution is 2.34. The van der Waals surface area contributed by atoms with Crippen molar-refractivity contribution in [3.63, 3.8) is 0 Å². The lowest BCUT2D eigenvalue weighted by Crippen LogP contribution is -2.13. The van der Waals surface area contributed by atoms with Gasteiger partial charge in [-0.25, -0.2) is 4.68 Å². The second kappa shape index (κ2) is 10.0. The number of halogens is 2. The number of carbonyl (C=O) groups excluding carboxylic acids is 1. The van der Waals surface area contributed by atoms with Crippen molar-refractivity contribution in [3.05, 3.63) is 84.6 Å². The molecule has 174 valence electrons. The van der Waals surface area contributed by atoms with E-state index in [1.54, 1.807) is 23.0 Å². The van der Waals surface area contributed by atoms with Crippen LogP contribution in [0.3, 0.4) is 0 Å². The van der Waals surface area contributed by atoms with Gasteiger partial charge in [-0.05, 0) is 36.4 Å². The molecule has 0 unspecified atom stereocenters. The van der Waals surface area contributed by atoms with Crippen molar-refractivity contribution in [1.82, 2.24) is 9.78 Å². The van der Waals surface area contributed by atoms with E-state index in [2.05, 4.69) is 15.2 Å². The van der Waals surface area contributed by atoms with E-state index in [0.717, 1.165) is 5.69 Å². The third-order valence-electron chi connectivity index (χ3n) is 4.98. The summed E-state index contributed by atoms with van der Waals surface area (Å²) in [6.07, 6.45) is 1.60. The number of anilines is 1. The molecule has 7 nitrogen and oxygen atoms in total. The molecule has 0 saturated carbocycles. The molecule has 0 aliphatic rings. The molecule has 34 heavy (non-hydrogen) atoms. The first-order chi connectivity index (χ1) is 16.5. The highest BCUT2D eigenvalue weighted by atomic mass is 19.3. The molecule has 0 aliphatic carbocycles. The van der Waals surface area contributed by atoms with Gasteiger partial charge < -0.3 is 19.5 Å². The maximum absolute atomic E-state index is 13.3. The van der Waals surface area contributed by atoms with E-state index in [4.69, 9.17) is 9.47 Å². The summed E-state index contributed by atoms with van der Waals surface area (Å²) >= 11 is 0. The standard InChI is InChI=1S/C25H21F2N3O4/c1-32-20-11-7-6-10-18(20)23-19(15-30(29-23)17-8-4-3-5-9-17)24(31)28-16-12-13-21(33-2)22(14-16)34-25(26)27/h3-15,25H,1-2H3,(H,28,31). The van der Waals surface area contributed by atoms with Gasteiger partial charge in [0.1, 0.15) is 11.4 Å². The molecule has 1 N–H and O–H groups in total. The maximum Gasteiger partial charge on any atom is 0.387 e. The van der Waals surface area contributed by atoms with Crippen molar-refractivity contribution in [2.45, 2.75) is 6.61 Å². The number of amides is 1. The summed E-state index contributed by atoms with van der Waals surface area (Å²) in [4.78, 5) is 13.3. The molecule has 0 bridgehead atoms. The summed E-state index contributed by atoms with van der Waals surface area (Å²) in [6.45, 7) is -3.04.